The number of allylic oxidation sites excluding steroid dienone is 1. The molecule has 0 spiro atoms. The molecule has 1 saturated carbocycles. The topological polar surface area (TPSA) is 51.9 Å². The van der Waals surface area contributed by atoms with Crippen LogP contribution in [0.3, 0.4) is 0 Å². The van der Waals surface area contributed by atoms with Crippen molar-refractivity contribution in [2.45, 2.75) is 39.3 Å². The summed E-state index contributed by atoms with van der Waals surface area (Å²) in [5.74, 6) is 2.81. The Kier molecular flexibility index (Phi) is 5.35. The van der Waals surface area contributed by atoms with Crippen molar-refractivity contribution < 1.29 is 18.7 Å². The van der Waals surface area contributed by atoms with Crippen molar-refractivity contribution >= 4 is 12.0 Å². The van der Waals surface area contributed by atoms with Crippen molar-refractivity contribution in [2.24, 2.45) is 0 Å². The van der Waals surface area contributed by atoms with Gasteiger partial charge < -0.3 is 18.8 Å². The highest BCUT2D eigenvalue weighted by molar-refractivity contribution is 5.96. The smallest absolute Gasteiger partial charge is 0.254 e. The molecule has 1 aromatic heterocycles. The summed E-state index contributed by atoms with van der Waals surface area (Å²) in [6.07, 6.45) is 5.88. The lowest BCUT2D eigenvalue weighted by molar-refractivity contribution is 0.0716. The largest absolute Gasteiger partial charge is 0.493 e. The maximum atomic E-state index is 13.2. The number of carbonyl (C=O) groups is 1. The molecule has 26 heavy (non-hydrogen) atoms. The van der Waals surface area contributed by atoms with Crippen molar-refractivity contribution in [1.82, 2.24) is 4.90 Å². The van der Waals surface area contributed by atoms with Crippen LogP contribution in [0.2, 0.25) is 0 Å². The molecule has 1 aliphatic rings. The first kappa shape index (κ1) is 18.1. The van der Waals surface area contributed by atoms with Gasteiger partial charge in [-0.15, -0.1) is 0 Å². The maximum Gasteiger partial charge on any atom is 0.254 e. The van der Waals surface area contributed by atoms with E-state index in [2.05, 4.69) is 0 Å². The second kappa shape index (κ2) is 7.68. The Labute approximate surface area is 154 Å². The molecule has 1 aliphatic carbocycles. The molecule has 0 bridgehead atoms. The standard InChI is InChI=1S/C21H25NO4/c1-5-6-15-11-16(12-19(24-3)20(15)25-4)21(23)22(17-8-9-17)13-18-10-7-14(2)26-18/h5-7,10-12,17H,8-9,13H2,1-4H3/b6-5+. The van der Waals surface area contributed by atoms with Gasteiger partial charge in [0.2, 0.25) is 0 Å². The van der Waals surface area contributed by atoms with Crippen LogP contribution in [0.1, 0.15) is 47.2 Å². The molecule has 0 N–H and O–H groups in total. The van der Waals surface area contributed by atoms with E-state index in [1.54, 1.807) is 20.3 Å². The summed E-state index contributed by atoms with van der Waals surface area (Å²) in [5.41, 5.74) is 1.41. The molecule has 0 unspecified atom stereocenters. The van der Waals surface area contributed by atoms with Crippen LogP contribution in [0.5, 0.6) is 11.5 Å². The average molecular weight is 355 g/mol. The Balaban J connectivity index is 1.94. The number of methoxy groups -OCH3 is 2. The van der Waals surface area contributed by atoms with Gasteiger partial charge >= 0.3 is 0 Å². The zero-order valence-corrected chi connectivity index (χ0v) is 15.7. The summed E-state index contributed by atoms with van der Waals surface area (Å²) in [7, 11) is 3.18. The summed E-state index contributed by atoms with van der Waals surface area (Å²) in [6, 6.07) is 7.72. The molecule has 1 fully saturated rings. The molecule has 138 valence electrons. The van der Waals surface area contributed by atoms with Gasteiger partial charge in [-0.1, -0.05) is 12.2 Å². The number of amides is 1. The van der Waals surface area contributed by atoms with Gasteiger partial charge in [-0.25, -0.2) is 0 Å². The van der Waals surface area contributed by atoms with E-state index < -0.39 is 0 Å². The number of nitrogens with zero attached hydrogens (tertiary/aromatic N) is 1. The first-order valence-electron chi connectivity index (χ1n) is 8.82. The molecule has 0 aliphatic heterocycles. The van der Waals surface area contributed by atoms with Crippen LogP contribution in [-0.2, 0) is 6.54 Å². The van der Waals surface area contributed by atoms with Gasteiger partial charge in [-0.2, -0.15) is 0 Å². The zero-order chi connectivity index (χ0) is 18.7. The lowest BCUT2D eigenvalue weighted by atomic mass is 10.1. The summed E-state index contributed by atoms with van der Waals surface area (Å²) in [6.45, 7) is 4.31. The number of hydrogen-bond donors (Lipinski definition) is 0. The molecule has 1 amide bonds. The van der Waals surface area contributed by atoms with Gasteiger partial charge in [-0.05, 0) is 51.0 Å². The third-order valence-corrected chi connectivity index (χ3v) is 4.47. The van der Waals surface area contributed by atoms with Crippen molar-refractivity contribution in [3.05, 3.63) is 53.0 Å². The monoisotopic (exact) mass is 355 g/mol. The van der Waals surface area contributed by atoms with E-state index in [9.17, 15) is 4.79 Å². The molecular weight excluding hydrogens is 330 g/mol. The molecule has 2 aromatic rings. The van der Waals surface area contributed by atoms with Crippen molar-refractivity contribution in [3.63, 3.8) is 0 Å². The SMILES string of the molecule is C/C=C/c1cc(C(=O)N(Cc2ccc(C)o2)C2CC2)cc(OC)c1OC. The summed E-state index contributed by atoms with van der Waals surface area (Å²) < 4.78 is 16.6. The van der Waals surface area contributed by atoms with E-state index in [1.165, 1.54) is 0 Å². The number of benzene rings is 1. The van der Waals surface area contributed by atoms with Gasteiger partial charge in [0.15, 0.2) is 11.5 Å². The van der Waals surface area contributed by atoms with E-state index in [-0.39, 0.29) is 11.9 Å². The van der Waals surface area contributed by atoms with Crippen LogP contribution in [0.15, 0.2) is 34.8 Å². The predicted octanol–water partition coefficient (Wildman–Crippen LogP) is 4.44. The van der Waals surface area contributed by atoms with Crippen LogP contribution >= 0.6 is 0 Å². The minimum Gasteiger partial charge on any atom is -0.493 e. The van der Waals surface area contributed by atoms with Crippen LogP contribution in [0, 0.1) is 6.92 Å². The first-order chi connectivity index (χ1) is 12.6. The molecule has 0 atom stereocenters. The Hall–Kier alpha value is -2.69. The molecule has 1 aromatic carbocycles. The van der Waals surface area contributed by atoms with E-state index >= 15 is 0 Å². The summed E-state index contributed by atoms with van der Waals surface area (Å²) >= 11 is 0. The molecule has 5 heteroatoms. The van der Waals surface area contributed by atoms with Crippen molar-refractivity contribution in [2.75, 3.05) is 14.2 Å². The molecule has 5 nitrogen and oxygen atoms in total. The van der Waals surface area contributed by atoms with Crippen LogP contribution < -0.4 is 9.47 Å². The number of furan rings is 1. The molecule has 0 saturated heterocycles. The number of rotatable bonds is 7. The van der Waals surface area contributed by atoms with Gasteiger partial charge in [0.05, 0.1) is 20.8 Å². The lowest BCUT2D eigenvalue weighted by Gasteiger charge is -2.22. The van der Waals surface area contributed by atoms with Gasteiger partial charge in [0, 0.05) is 17.2 Å². The predicted molar refractivity (Wildman–Crippen MR) is 101 cm³/mol. The number of aryl methyl sites for hydroxylation is 1. The van der Waals surface area contributed by atoms with Gasteiger partial charge in [-0.3, -0.25) is 4.79 Å². The molecule has 1 heterocycles. The third-order valence-electron chi connectivity index (χ3n) is 4.47. The second-order valence-electron chi connectivity index (χ2n) is 6.48. The number of carbonyl (C=O) groups excluding carboxylic acids is 1. The van der Waals surface area contributed by atoms with Crippen molar-refractivity contribution in [3.8, 4) is 11.5 Å². The summed E-state index contributed by atoms with van der Waals surface area (Å²) in [5, 5.41) is 0. The normalized spacial score (nSPS) is 13.8. The Morgan fingerprint density at radius 3 is 2.58 bits per heavy atom. The van der Waals surface area contributed by atoms with E-state index in [0.717, 1.165) is 29.9 Å². The number of hydrogen-bond acceptors (Lipinski definition) is 4. The minimum absolute atomic E-state index is 0.0201. The third kappa shape index (κ3) is 3.77. The number of ether oxygens (including phenoxy) is 2. The fraction of sp³-hybridized carbons (Fsp3) is 0.381. The second-order valence-corrected chi connectivity index (χ2v) is 6.48. The van der Waals surface area contributed by atoms with E-state index in [4.69, 9.17) is 13.9 Å². The highest BCUT2D eigenvalue weighted by Crippen LogP contribution is 2.36. The summed E-state index contributed by atoms with van der Waals surface area (Å²) in [4.78, 5) is 15.1. The zero-order valence-electron chi connectivity index (χ0n) is 15.7. The first-order valence-corrected chi connectivity index (χ1v) is 8.82. The Morgan fingerprint density at radius 1 is 1.27 bits per heavy atom. The average Bonchev–Trinajstić information content (AvgIpc) is 3.40. The highest BCUT2D eigenvalue weighted by atomic mass is 16.5. The lowest BCUT2D eigenvalue weighted by Crippen LogP contribution is -2.32. The minimum atomic E-state index is -0.0201. The quantitative estimate of drug-likeness (QED) is 0.737. The van der Waals surface area contributed by atoms with E-state index in [1.807, 2.05) is 49.1 Å². The fourth-order valence-corrected chi connectivity index (χ4v) is 3.08. The molecule has 3 rings (SSSR count). The van der Waals surface area contributed by atoms with Crippen LogP contribution in [0.25, 0.3) is 6.08 Å². The Morgan fingerprint density at radius 2 is 2.04 bits per heavy atom. The van der Waals surface area contributed by atoms with Gasteiger partial charge in [0.25, 0.3) is 5.91 Å². The van der Waals surface area contributed by atoms with Crippen molar-refractivity contribution in [1.29, 1.82) is 0 Å². The fourth-order valence-electron chi connectivity index (χ4n) is 3.08. The Bertz CT molecular complexity index is 817. The van der Waals surface area contributed by atoms with Crippen LogP contribution in [-0.4, -0.2) is 31.1 Å². The van der Waals surface area contributed by atoms with E-state index in [0.29, 0.717) is 23.6 Å². The molecular formula is C21H25NO4. The highest BCUT2D eigenvalue weighted by Gasteiger charge is 2.34. The van der Waals surface area contributed by atoms with Crippen LogP contribution in [0.4, 0.5) is 0 Å². The molecule has 0 radical (unpaired) electrons. The van der Waals surface area contributed by atoms with Gasteiger partial charge in [0.1, 0.15) is 11.5 Å². The maximum absolute atomic E-state index is 13.2.